The van der Waals surface area contributed by atoms with Gasteiger partial charge in [-0.15, -0.1) is 0 Å². The molecular weight excluding hydrogens is 404 g/mol. The summed E-state index contributed by atoms with van der Waals surface area (Å²) in [7, 11) is 1.69. The number of ketones is 1. The molecule has 1 aromatic heterocycles. The molecule has 2 aromatic carbocycles. The molecule has 5 rings (SSSR count). The Morgan fingerprint density at radius 2 is 2.00 bits per heavy atom. The Morgan fingerprint density at radius 3 is 2.75 bits per heavy atom. The second-order valence-corrected chi connectivity index (χ2v) is 9.25. The van der Waals surface area contributed by atoms with E-state index in [9.17, 15) is 9.59 Å². The van der Waals surface area contributed by atoms with E-state index in [0.29, 0.717) is 29.2 Å². The minimum absolute atomic E-state index is 0.302. The van der Waals surface area contributed by atoms with E-state index in [1.54, 1.807) is 13.2 Å². The Morgan fingerprint density at radius 1 is 1.19 bits per heavy atom. The zero-order valence-corrected chi connectivity index (χ0v) is 18.6. The minimum Gasteiger partial charge on any atom is -0.497 e. The van der Waals surface area contributed by atoms with E-state index in [0.717, 1.165) is 50.2 Å². The van der Waals surface area contributed by atoms with E-state index in [2.05, 4.69) is 22.0 Å². The molecule has 168 valence electrons. The van der Waals surface area contributed by atoms with Crippen LogP contribution in [0.3, 0.4) is 0 Å². The van der Waals surface area contributed by atoms with Crippen molar-refractivity contribution >= 4 is 16.9 Å². The number of rotatable bonds is 9. The molecule has 32 heavy (non-hydrogen) atoms. The first kappa shape index (κ1) is 21.0. The van der Waals surface area contributed by atoms with Crippen LogP contribution in [0.5, 0.6) is 5.75 Å². The first-order valence-electron chi connectivity index (χ1n) is 11.6. The molecular formula is C26H30N2O4. The van der Waals surface area contributed by atoms with Gasteiger partial charge in [0.25, 0.3) is 0 Å². The average Bonchev–Trinajstić information content (AvgIpc) is 3.29. The second-order valence-electron chi connectivity index (χ2n) is 9.25. The van der Waals surface area contributed by atoms with Crippen molar-refractivity contribution in [2.45, 2.75) is 49.9 Å². The number of nitrogens with zero attached hydrogens (tertiary/aromatic N) is 1. The van der Waals surface area contributed by atoms with E-state index < -0.39 is 11.2 Å². The average molecular weight is 435 g/mol. The van der Waals surface area contributed by atoms with E-state index >= 15 is 0 Å². The van der Waals surface area contributed by atoms with Crippen LogP contribution in [0.4, 0.5) is 0 Å². The quantitative estimate of drug-likeness (QED) is 0.541. The van der Waals surface area contributed by atoms with E-state index in [4.69, 9.17) is 9.15 Å². The lowest BCUT2D eigenvalue weighted by molar-refractivity contribution is -0.121. The number of hydrogen-bond donors (Lipinski definition) is 1. The third kappa shape index (κ3) is 4.11. The van der Waals surface area contributed by atoms with Crippen molar-refractivity contribution in [2.24, 2.45) is 0 Å². The molecule has 0 amide bonds. The van der Waals surface area contributed by atoms with Gasteiger partial charge in [0.15, 0.2) is 5.58 Å². The molecule has 2 heterocycles. The van der Waals surface area contributed by atoms with E-state index in [1.165, 1.54) is 18.4 Å². The fourth-order valence-electron chi connectivity index (χ4n) is 5.18. The van der Waals surface area contributed by atoms with Gasteiger partial charge < -0.3 is 14.1 Å². The maximum absolute atomic E-state index is 13.4. The van der Waals surface area contributed by atoms with Gasteiger partial charge in [0.2, 0.25) is 0 Å². The largest absolute Gasteiger partial charge is 0.497 e. The predicted octanol–water partition coefficient (Wildman–Crippen LogP) is 4.39. The summed E-state index contributed by atoms with van der Waals surface area (Å²) in [5.74, 6) is 1.00. The SMILES string of the molecule is COc1cccc(C(CCC(=O)C2(c3ccc4oc(=O)[nH]c4c3)CC2)CN2CCCC2)c1. The number of Topliss-reactive ketones (excluding diaryl/α,β-unsaturated/α-hetero) is 1. The number of likely N-dealkylation sites (tertiary alicyclic amines) is 1. The molecule has 1 saturated carbocycles. The Balaban J connectivity index is 1.33. The molecule has 3 aromatic rings. The first-order chi connectivity index (χ1) is 15.6. The van der Waals surface area contributed by atoms with Gasteiger partial charge in [0, 0.05) is 13.0 Å². The van der Waals surface area contributed by atoms with Crippen LogP contribution in [0.15, 0.2) is 51.7 Å². The summed E-state index contributed by atoms with van der Waals surface area (Å²) in [4.78, 5) is 30.2. The smallest absolute Gasteiger partial charge is 0.417 e. The molecule has 6 heteroatoms. The monoisotopic (exact) mass is 434 g/mol. The van der Waals surface area contributed by atoms with Crippen LogP contribution in [0.25, 0.3) is 11.1 Å². The zero-order valence-electron chi connectivity index (χ0n) is 18.6. The summed E-state index contributed by atoms with van der Waals surface area (Å²) in [5.41, 5.74) is 3.02. The van der Waals surface area contributed by atoms with Crippen LogP contribution >= 0.6 is 0 Å². The van der Waals surface area contributed by atoms with E-state index in [1.807, 2.05) is 24.3 Å². The molecule has 0 spiro atoms. The molecule has 1 aliphatic heterocycles. The Kier molecular flexibility index (Phi) is 5.64. The molecule has 2 fully saturated rings. The number of methoxy groups -OCH3 is 1. The summed E-state index contributed by atoms with van der Waals surface area (Å²) >= 11 is 0. The molecule has 1 unspecified atom stereocenters. The highest BCUT2D eigenvalue weighted by atomic mass is 16.5. The highest BCUT2D eigenvalue weighted by Crippen LogP contribution is 2.50. The van der Waals surface area contributed by atoms with Crippen LogP contribution < -0.4 is 10.5 Å². The van der Waals surface area contributed by atoms with Crippen molar-refractivity contribution in [3.05, 3.63) is 64.1 Å². The molecule has 1 N–H and O–H groups in total. The molecule has 0 radical (unpaired) electrons. The Bertz CT molecular complexity index is 1170. The molecule has 1 saturated heterocycles. The highest BCUT2D eigenvalue weighted by molar-refractivity contribution is 5.94. The van der Waals surface area contributed by atoms with Crippen LogP contribution in [0.2, 0.25) is 0 Å². The lowest BCUT2D eigenvalue weighted by Gasteiger charge is -2.25. The Hall–Kier alpha value is -2.86. The van der Waals surface area contributed by atoms with Crippen molar-refractivity contribution < 1.29 is 13.9 Å². The number of benzene rings is 2. The summed E-state index contributed by atoms with van der Waals surface area (Å²) in [6.45, 7) is 3.26. The normalized spacial score (nSPS) is 18.7. The fourth-order valence-corrected chi connectivity index (χ4v) is 5.18. The van der Waals surface area contributed by atoms with Crippen LogP contribution in [0, 0.1) is 0 Å². The topological polar surface area (TPSA) is 75.5 Å². The number of hydrogen-bond acceptors (Lipinski definition) is 5. The summed E-state index contributed by atoms with van der Waals surface area (Å²) in [6.07, 6.45) is 5.63. The van der Waals surface area contributed by atoms with Crippen molar-refractivity contribution in [1.82, 2.24) is 9.88 Å². The van der Waals surface area contributed by atoms with Gasteiger partial charge in [0.05, 0.1) is 18.0 Å². The van der Waals surface area contributed by atoms with Gasteiger partial charge in [-0.3, -0.25) is 9.78 Å². The van der Waals surface area contributed by atoms with Gasteiger partial charge >= 0.3 is 5.76 Å². The second kappa shape index (κ2) is 8.58. The van der Waals surface area contributed by atoms with Gasteiger partial charge in [-0.2, -0.15) is 0 Å². The standard InChI is InChI=1S/C26H30N2O4/c1-31-21-6-4-5-18(15-21)19(17-28-13-2-3-14-28)7-10-24(29)26(11-12-26)20-8-9-23-22(16-20)27-25(30)32-23/h4-6,8-9,15-16,19H,2-3,7,10-14,17H2,1H3,(H,27,30). The number of ether oxygens (including phenoxy) is 1. The number of carbonyl (C=O) groups excluding carboxylic acids is 1. The van der Waals surface area contributed by atoms with Crippen LogP contribution in [-0.2, 0) is 10.2 Å². The van der Waals surface area contributed by atoms with Gasteiger partial charge in [-0.05, 0) is 86.5 Å². The predicted molar refractivity (Wildman–Crippen MR) is 123 cm³/mol. The van der Waals surface area contributed by atoms with Crippen molar-refractivity contribution in [3.8, 4) is 5.75 Å². The summed E-state index contributed by atoms with van der Waals surface area (Å²) in [5, 5.41) is 0. The van der Waals surface area contributed by atoms with E-state index in [-0.39, 0.29) is 0 Å². The maximum Gasteiger partial charge on any atom is 0.417 e. The minimum atomic E-state index is -0.462. The number of aromatic nitrogens is 1. The molecule has 0 bridgehead atoms. The maximum atomic E-state index is 13.4. The highest BCUT2D eigenvalue weighted by Gasteiger charge is 2.50. The van der Waals surface area contributed by atoms with Gasteiger partial charge in [-0.25, -0.2) is 4.79 Å². The lowest BCUT2D eigenvalue weighted by Crippen LogP contribution is -2.27. The lowest BCUT2D eigenvalue weighted by atomic mass is 9.85. The number of aromatic amines is 1. The third-order valence-electron chi connectivity index (χ3n) is 7.22. The van der Waals surface area contributed by atoms with Crippen molar-refractivity contribution in [1.29, 1.82) is 0 Å². The third-order valence-corrected chi connectivity index (χ3v) is 7.22. The zero-order chi connectivity index (χ0) is 22.1. The number of oxazole rings is 1. The molecule has 2 aliphatic rings. The number of carbonyl (C=O) groups is 1. The molecule has 1 aliphatic carbocycles. The summed E-state index contributed by atoms with van der Waals surface area (Å²) < 4.78 is 10.6. The number of H-pyrrole nitrogens is 1. The summed E-state index contributed by atoms with van der Waals surface area (Å²) in [6, 6.07) is 13.9. The van der Waals surface area contributed by atoms with Crippen molar-refractivity contribution in [3.63, 3.8) is 0 Å². The first-order valence-corrected chi connectivity index (χ1v) is 11.6. The number of fused-ring (bicyclic) bond motifs is 1. The molecule has 6 nitrogen and oxygen atoms in total. The van der Waals surface area contributed by atoms with Gasteiger partial charge in [-0.1, -0.05) is 18.2 Å². The Labute approximate surface area is 187 Å². The van der Waals surface area contributed by atoms with Crippen molar-refractivity contribution in [2.75, 3.05) is 26.7 Å². The van der Waals surface area contributed by atoms with Crippen LogP contribution in [0.1, 0.15) is 55.6 Å². The fraction of sp³-hybridized carbons (Fsp3) is 0.462. The van der Waals surface area contributed by atoms with Crippen LogP contribution in [-0.4, -0.2) is 42.4 Å². The molecule has 1 atom stereocenters. The number of nitrogens with one attached hydrogen (secondary N) is 1. The van der Waals surface area contributed by atoms with Gasteiger partial charge in [0.1, 0.15) is 11.5 Å².